The number of hydrogen-bond donors (Lipinski definition) is 1. The normalized spacial score (nSPS) is 10.8. The molecule has 0 aliphatic carbocycles. The Morgan fingerprint density at radius 2 is 1.80 bits per heavy atom. The van der Waals surface area contributed by atoms with Crippen LogP contribution in [-0.4, -0.2) is 26.7 Å². The first-order chi connectivity index (χ1) is 14.6. The fraction of sp³-hybridized carbons (Fsp3) is 0.333. The standard InChI is InChI=1S/C24H28N2O4/c1-4-5-6-9-14-30-22-13-12-18(16-23(22)29-3)15-19(17-25)24(27)26-20-10-7-8-11-21(20)28-2/h7-8,10-13,15-16H,4-6,9,14H2,1-3H3,(H,26,27)/b19-15+. The number of unbranched alkanes of at least 4 members (excludes halogenated alkanes) is 3. The fourth-order valence-electron chi connectivity index (χ4n) is 2.86. The van der Waals surface area contributed by atoms with Gasteiger partial charge in [-0.05, 0) is 42.3 Å². The highest BCUT2D eigenvalue weighted by molar-refractivity contribution is 6.10. The third-order valence-electron chi connectivity index (χ3n) is 4.47. The fourth-order valence-corrected chi connectivity index (χ4v) is 2.86. The lowest BCUT2D eigenvalue weighted by molar-refractivity contribution is -0.112. The third-order valence-corrected chi connectivity index (χ3v) is 4.47. The average Bonchev–Trinajstić information content (AvgIpc) is 2.78. The Bertz CT molecular complexity index is 916. The maximum Gasteiger partial charge on any atom is 0.266 e. The zero-order chi connectivity index (χ0) is 21.8. The van der Waals surface area contributed by atoms with Crippen LogP contribution in [0.4, 0.5) is 5.69 Å². The molecule has 2 rings (SSSR count). The highest BCUT2D eigenvalue weighted by atomic mass is 16.5. The maximum atomic E-state index is 12.6. The lowest BCUT2D eigenvalue weighted by Crippen LogP contribution is -2.14. The molecule has 0 saturated heterocycles. The van der Waals surface area contributed by atoms with Gasteiger partial charge in [0.1, 0.15) is 17.4 Å². The molecule has 0 unspecified atom stereocenters. The van der Waals surface area contributed by atoms with E-state index in [-0.39, 0.29) is 5.57 Å². The zero-order valence-corrected chi connectivity index (χ0v) is 17.7. The number of nitriles is 1. The van der Waals surface area contributed by atoms with Crippen LogP contribution in [0.5, 0.6) is 17.2 Å². The average molecular weight is 408 g/mol. The predicted octanol–water partition coefficient (Wildman–Crippen LogP) is 5.21. The summed E-state index contributed by atoms with van der Waals surface area (Å²) in [5.41, 5.74) is 1.13. The second-order valence-corrected chi connectivity index (χ2v) is 6.64. The Hall–Kier alpha value is -3.46. The maximum absolute atomic E-state index is 12.6. The number of amides is 1. The van der Waals surface area contributed by atoms with Crippen molar-refractivity contribution >= 4 is 17.7 Å². The van der Waals surface area contributed by atoms with Crippen LogP contribution < -0.4 is 19.5 Å². The van der Waals surface area contributed by atoms with E-state index in [1.807, 2.05) is 6.07 Å². The molecule has 0 radical (unpaired) electrons. The number of benzene rings is 2. The second kappa shape index (κ2) is 12.2. The van der Waals surface area contributed by atoms with E-state index >= 15 is 0 Å². The molecule has 30 heavy (non-hydrogen) atoms. The van der Waals surface area contributed by atoms with E-state index in [0.29, 0.717) is 35.1 Å². The minimum atomic E-state index is -0.516. The molecule has 1 amide bonds. The van der Waals surface area contributed by atoms with Crippen LogP contribution in [0.2, 0.25) is 0 Å². The molecule has 2 aromatic rings. The molecule has 0 heterocycles. The largest absolute Gasteiger partial charge is 0.495 e. The van der Waals surface area contributed by atoms with Crippen molar-refractivity contribution in [3.8, 4) is 23.3 Å². The Morgan fingerprint density at radius 1 is 1.03 bits per heavy atom. The van der Waals surface area contributed by atoms with Crippen molar-refractivity contribution in [2.75, 3.05) is 26.1 Å². The molecule has 0 aliphatic rings. The van der Waals surface area contributed by atoms with Crippen molar-refractivity contribution < 1.29 is 19.0 Å². The molecule has 1 N–H and O–H groups in total. The van der Waals surface area contributed by atoms with Crippen molar-refractivity contribution in [1.82, 2.24) is 0 Å². The van der Waals surface area contributed by atoms with Gasteiger partial charge in [-0.3, -0.25) is 4.79 Å². The summed E-state index contributed by atoms with van der Waals surface area (Å²) >= 11 is 0. The highest BCUT2D eigenvalue weighted by Crippen LogP contribution is 2.29. The molecule has 0 spiro atoms. The summed E-state index contributed by atoms with van der Waals surface area (Å²) in [5.74, 6) is 1.20. The van der Waals surface area contributed by atoms with Crippen molar-refractivity contribution in [3.05, 3.63) is 53.6 Å². The SMILES string of the molecule is CCCCCCOc1ccc(/C=C(\C#N)C(=O)Nc2ccccc2OC)cc1OC. The van der Waals surface area contributed by atoms with Crippen LogP contribution in [0.25, 0.3) is 6.08 Å². The van der Waals surface area contributed by atoms with E-state index in [1.54, 1.807) is 49.6 Å². The molecular formula is C24H28N2O4. The van der Waals surface area contributed by atoms with Crippen molar-refractivity contribution in [3.63, 3.8) is 0 Å². The molecule has 0 fully saturated rings. The molecular weight excluding hydrogens is 380 g/mol. The minimum Gasteiger partial charge on any atom is -0.495 e. The second-order valence-electron chi connectivity index (χ2n) is 6.64. The Labute approximate surface area is 178 Å². The summed E-state index contributed by atoms with van der Waals surface area (Å²) < 4.78 is 16.4. The quantitative estimate of drug-likeness (QED) is 0.314. The lowest BCUT2D eigenvalue weighted by atomic mass is 10.1. The van der Waals surface area contributed by atoms with Gasteiger partial charge in [-0.15, -0.1) is 0 Å². The molecule has 158 valence electrons. The molecule has 0 aromatic heterocycles. The Balaban J connectivity index is 2.12. The summed E-state index contributed by atoms with van der Waals surface area (Å²) in [6.07, 6.45) is 6.00. The van der Waals surface area contributed by atoms with Crippen LogP contribution in [0.15, 0.2) is 48.0 Å². The first kappa shape index (κ1) is 22.8. The van der Waals surface area contributed by atoms with Gasteiger partial charge >= 0.3 is 0 Å². The van der Waals surface area contributed by atoms with E-state index in [0.717, 1.165) is 12.8 Å². The summed E-state index contributed by atoms with van der Waals surface area (Å²) in [7, 11) is 3.08. The number of methoxy groups -OCH3 is 2. The number of carbonyl (C=O) groups excluding carboxylic acids is 1. The third kappa shape index (κ3) is 6.56. The number of nitrogens with zero attached hydrogens (tertiary/aromatic N) is 1. The molecule has 0 atom stereocenters. The minimum absolute atomic E-state index is 0.0313. The van der Waals surface area contributed by atoms with Crippen LogP contribution in [0.3, 0.4) is 0 Å². The monoisotopic (exact) mass is 408 g/mol. The van der Waals surface area contributed by atoms with Gasteiger partial charge in [-0.1, -0.05) is 44.4 Å². The van der Waals surface area contributed by atoms with E-state index in [2.05, 4.69) is 12.2 Å². The number of carbonyl (C=O) groups is 1. The molecule has 0 aliphatic heterocycles. The number of anilines is 1. The number of hydrogen-bond acceptors (Lipinski definition) is 5. The summed E-state index contributed by atoms with van der Waals surface area (Å²) in [4.78, 5) is 12.6. The molecule has 6 nitrogen and oxygen atoms in total. The molecule has 2 aromatic carbocycles. The lowest BCUT2D eigenvalue weighted by Gasteiger charge is -2.12. The van der Waals surface area contributed by atoms with Crippen LogP contribution in [0, 0.1) is 11.3 Å². The number of para-hydroxylation sites is 2. The van der Waals surface area contributed by atoms with Gasteiger partial charge in [-0.25, -0.2) is 0 Å². The van der Waals surface area contributed by atoms with Gasteiger partial charge in [0.2, 0.25) is 0 Å². The number of ether oxygens (including phenoxy) is 3. The van der Waals surface area contributed by atoms with Gasteiger partial charge in [0.05, 0.1) is 26.5 Å². The van der Waals surface area contributed by atoms with Crippen molar-refractivity contribution in [1.29, 1.82) is 5.26 Å². The number of nitrogens with one attached hydrogen (secondary N) is 1. The topological polar surface area (TPSA) is 80.6 Å². The molecule has 0 saturated carbocycles. The van der Waals surface area contributed by atoms with Crippen molar-refractivity contribution in [2.24, 2.45) is 0 Å². The number of rotatable bonds is 11. The van der Waals surface area contributed by atoms with E-state index in [4.69, 9.17) is 14.2 Å². The Morgan fingerprint density at radius 3 is 2.50 bits per heavy atom. The summed E-state index contributed by atoms with van der Waals surface area (Å²) in [5, 5.41) is 12.2. The zero-order valence-electron chi connectivity index (χ0n) is 17.7. The first-order valence-corrected chi connectivity index (χ1v) is 10.00. The van der Waals surface area contributed by atoms with Crippen LogP contribution in [0.1, 0.15) is 38.2 Å². The van der Waals surface area contributed by atoms with Gasteiger partial charge in [0.25, 0.3) is 5.91 Å². The summed E-state index contributed by atoms with van der Waals surface area (Å²) in [6.45, 7) is 2.79. The predicted molar refractivity (Wildman–Crippen MR) is 118 cm³/mol. The molecule has 0 bridgehead atoms. The van der Waals surface area contributed by atoms with E-state index < -0.39 is 5.91 Å². The van der Waals surface area contributed by atoms with Crippen molar-refractivity contribution in [2.45, 2.75) is 32.6 Å². The van der Waals surface area contributed by atoms with E-state index in [9.17, 15) is 10.1 Å². The van der Waals surface area contributed by atoms with Gasteiger partial charge in [-0.2, -0.15) is 5.26 Å². The molecule has 6 heteroatoms. The van der Waals surface area contributed by atoms with Crippen LogP contribution in [-0.2, 0) is 4.79 Å². The smallest absolute Gasteiger partial charge is 0.266 e. The first-order valence-electron chi connectivity index (χ1n) is 10.00. The van der Waals surface area contributed by atoms with Crippen LogP contribution >= 0.6 is 0 Å². The Kier molecular flexibility index (Phi) is 9.26. The van der Waals surface area contributed by atoms with E-state index in [1.165, 1.54) is 26.0 Å². The van der Waals surface area contributed by atoms with Gasteiger partial charge < -0.3 is 19.5 Å². The summed E-state index contributed by atoms with van der Waals surface area (Å²) in [6, 6.07) is 14.3. The van der Waals surface area contributed by atoms with Gasteiger partial charge in [0, 0.05) is 0 Å². The highest BCUT2D eigenvalue weighted by Gasteiger charge is 2.13. The van der Waals surface area contributed by atoms with Gasteiger partial charge in [0.15, 0.2) is 11.5 Å².